The average molecular weight is 810 g/mol. The van der Waals surface area contributed by atoms with Gasteiger partial charge in [0.25, 0.3) is 5.91 Å². The molecular weight excluding hydrogens is 759 g/mol. The van der Waals surface area contributed by atoms with Gasteiger partial charge in [-0.25, -0.2) is 9.59 Å². The molecular formula is C46H51NO12. The predicted octanol–water partition coefficient (Wildman–Crippen LogP) is 4.44. The number of hydrogen-bond acceptors (Lipinski definition) is 12. The Kier molecular flexibility index (Phi) is 11.0. The lowest BCUT2D eigenvalue weighted by Crippen LogP contribution is -2.81. The van der Waals surface area contributed by atoms with Crippen LogP contribution in [0, 0.1) is 22.7 Å². The van der Waals surface area contributed by atoms with Gasteiger partial charge in [0.05, 0.1) is 35.6 Å². The van der Waals surface area contributed by atoms with Gasteiger partial charge in [-0.05, 0) is 54.8 Å². The number of Topliss-reactive ketones (excluding diaryl/α,β-unsaturated/α-hetero) is 1. The highest BCUT2D eigenvalue weighted by Crippen LogP contribution is 2.65. The van der Waals surface area contributed by atoms with Crippen molar-refractivity contribution in [1.29, 1.82) is 0 Å². The first-order valence-electron chi connectivity index (χ1n) is 19.9. The first-order chi connectivity index (χ1) is 27.9. The van der Waals surface area contributed by atoms with E-state index >= 15 is 4.79 Å². The third-order valence-corrected chi connectivity index (χ3v) is 13.5. The van der Waals surface area contributed by atoms with Gasteiger partial charge in [-0.3, -0.25) is 14.4 Å². The Labute approximate surface area is 342 Å². The summed E-state index contributed by atoms with van der Waals surface area (Å²) in [5, 5.41) is 40.0. The quantitative estimate of drug-likeness (QED) is 0.135. The highest BCUT2D eigenvalue weighted by molar-refractivity contribution is 5.95. The maximum absolute atomic E-state index is 15.2. The van der Waals surface area contributed by atoms with Crippen LogP contribution >= 0.6 is 0 Å². The lowest BCUT2D eigenvalue weighted by molar-refractivity contribution is -0.345. The molecule has 2 bridgehead atoms. The third-order valence-electron chi connectivity index (χ3n) is 13.5. The van der Waals surface area contributed by atoms with E-state index < -0.39 is 106 Å². The Morgan fingerprint density at radius 3 is 2.02 bits per heavy atom. The molecule has 7 rings (SSSR count). The minimum Gasteiger partial charge on any atom is -0.456 e. The van der Waals surface area contributed by atoms with E-state index in [0.717, 1.165) is 0 Å². The summed E-state index contributed by atoms with van der Waals surface area (Å²) < 4.78 is 24.5. The zero-order valence-corrected chi connectivity index (χ0v) is 33.9. The summed E-state index contributed by atoms with van der Waals surface area (Å²) in [5.41, 5.74) is -5.28. The summed E-state index contributed by atoms with van der Waals surface area (Å²) >= 11 is 0. The van der Waals surface area contributed by atoms with Crippen LogP contribution in [0.25, 0.3) is 0 Å². The van der Waals surface area contributed by atoms with Gasteiger partial charge >= 0.3 is 17.9 Å². The van der Waals surface area contributed by atoms with Crippen molar-refractivity contribution >= 4 is 29.6 Å². The zero-order valence-electron chi connectivity index (χ0n) is 33.9. The first kappa shape index (κ1) is 41.9. The molecule has 1 heterocycles. The fourth-order valence-corrected chi connectivity index (χ4v) is 10.4. The van der Waals surface area contributed by atoms with Crippen molar-refractivity contribution in [3.05, 3.63) is 119 Å². The molecule has 312 valence electrons. The second-order valence-electron chi connectivity index (χ2n) is 17.1. The molecule has 59 heavy (non-hydrogen) atoms. The lowest BCUT2D eigenvalue weighted by Gasteiger charge is -2.67. The topological polar surface area (TPSA) is 195 Å². The number of nitrogens with one attached hydrogen (secondary N) is 1. The summed E-state index contributed by atoms with van der Waals surface area (Å²) in [6, 6.07) is 23.5. The third kappa shape index (κ3) is 6.77. The van der Waals surface area contributed by atoms with Gasteiger partial charge < -0.3 is 39.6 Å². The van der Waals surface area contributed by atoms with Crippen LogP contribution in [0.3, 0.4) is 0 Å². The van der Waals surface area contributed by atoms with Crippen molar-refractivity contribution in [2.45, 2.75) is 102 Å². The lowest BCUT2D eigenvalue weighted by atomic mass is 9.43. The maximum atomic E-state index is 15.2. The molecule has 0 spiro atoms. The van der Waals surface area contributed by atoms with Gasteiger partial charge in [0.2, 0.25) is 0 Å². The van der Waals surface area contributed by atoms with Crippen LogP contribution in [0.15, 0.2) is 102 Å². The normalized spacial score (nSPS) is 33.0. The van der Waals surface area contributed by atoms with Gasteiger partial charge in [-0.1, -0.05) is 87.5 Å². The molecule has 1 saturated heterocycles. The van der Waals surface area contributed by atoms with Gasteiger partial charge in [0.1, 0.15) is 29.7 Å². The fourth-order valence-electron chi connectivity index (χ4n) is 10.4. The van der Waals surface area contributed by atoms with Crippen molar-refractivity contribution in [1.82, 2.24) is 5.32 Å². The van der Waals surface area contributed by atoms with Crippen molar-refractivity contribution in [3.63, 3.8) is 0 Å². The predicted molar refractivity (Wildman–Crippen MR) is 211 cm³/mol. The number of amides is 1. The van der Waals surface area contributed by atoms with E-state index in [-0.39, 0.29) is 18.6 Å². The Morgan fingerprint density at radius 2 is 1.46 bits per heavy atom. The zero-order chi connectivity index (χ0) is 42.7. The molecule has 0 aromatic heterocycles. The molecule has 4 N–H and O–H groups in total. The van der Waals surface area contributed by atoms with E-state index in [0.29, 0.717) is 22.3 Å². The van der Waals surface area contributed by atoms with Gasteiger partial charge in [0.15, 0.2) is 11.7 Å². The average Bonchev–Trinajstić information content (AvgIpc) is 3.21. The van der Waals surface area contributed by atoms with Crippen LogP contribution in [0.2, 0.25) is 0 Å². The van der Waals surface area contributed by atoms with E-state index in [2.05, 4.69) is 5.32 Å². The van der Waals surface area contributed by atoms with Crippen molar-refractivity contribution in [2.24, 2.45) is 22.7 Å². The maximum Gasteiger partial charge on any atom is 0.338 e. The fraction of sp³-hybridized carbons (Fsp3) is 0.457. The minimum absolute atomic E-state index is 0.0700. The number of benzene rings is 3. The molecule has 4 aliphatic rings. The Balaban J connectivity index is 1.34. The second-order valence-corrected chi connectivity index (χ2v) is 17.1. The Bertz CT molecular complexity index is 2160. The monoisotopic (exact) mass is 809 g/mol. The molecule has 3 fully saturated rings. The standard InChI is InChI=1S/C46H51NO12/c1-25-31(57-42(54)36(50)35(28-16-10-7-11-17-28)47-40(52)29-18-12-8-13-19-29)23-46(55)39(58-41(53)30-20-14-9-15-21-30)37-44(6,38(51)26(2)34(25)43(46,4)5)32(49)22-33-45(37,24-56-33)59-27(3)48/h7-21,26,31-33,35-37,39,49-50,55H,22-24H2,1-6H3,(H,47,52)/t26-,31+,32+,33-,35+,36-,37?,39?,44-,45+,46-/m1/s1. The molecule has 2 unspecified atom stereocenters. The first-order valence-corrected chi connectivity index (χ1v) is 19.9. The van der Waals surface area contributed by atoms with Gasteiger partial charge in [-0.15, -0.1) is 0 Å². The smallest absolute Gasteiger partial charge is 0.338 e. The van der Waals surface area contributed by atoms with Crippen molar-refractivity contribution < 1.29 is 58.2 Å². The number of hydrogen-bond donors (Lipinski definition) is 4. The van der Waals surface area contributed by atoms with Crippen LogP contribution in [0.5, 0.6) is 0 Å². The summed E-state index contributed by atoms with van der Waals surface area (Å²) in [7, 11) is 0. The number of aliphatic hydroxyl groups is 3. The number of aliphatic hydroxyl groups excluding tert-OH is 2. The minimum atomic E-state index is -2.19. The Hall–Kier alpha value is -5.21. The number of carbonyl (C=O) groups excluding carboxylic acids is 5. The molecule has 3 aromatic rings. The summed E-state index contributed by atoms with van der Waals surface area (Å²) in [4.78, 5) is 69.9. The molecule has 1 amide bonds. The van der Waals surface area contributed by atoms with Crippen LogP contribution in [-0.2, 0) is 33.3 Å². The summed E-state index contributed by atoms with van der Waals surface area (Å²) in [6.07, 6.45) is -7.67. The SMILES string of the molecule is CC(=O)O[C@@]12CO[C@@H]1C[C@H](O)[C@@]1(C)C(=O)[C@H](C)C3=C(C)[C@@H](OC(=O)[C@H](O)[C@@H](NC(=O)c4ccccc4)c4ccccc4)C[C@@](O)(C(OC(=O)c4ccccc4)C12)C3(C)C. The van der Waals surface area contributed by atoms with Gasteiger partial charge in [0, 0.05) is 36.7 Å². The highest BCUT2D eigenvalue weighted by atomic mass is 16.6. The summed E-state index contributed by atoms with van der Waals surface area (Å²) in [5.74, 6) is -6.06. The molecule has 2 saturated carbocycles. The van der Waals surface area contributed by atoms with E-state index in [1.165, 1.54) is 19.1 Å². The van der Waals surface area contributed by atoms with Crippen LogP contribution < -0.4 is 5.32 Å². The molecule has 11 atom stereocenters. The van der Waals surface area contributed by atoms with Gasteiger partial charge in [-0.2, -0.15) is 0 Å². The summed E-state index contributed by atoms with van der Waals surface area (Å²) in [6.45, 7) is 9.32. The number of fused-ring (bicyclic) bond motifs is 5. The molecule has 3 aliphatic carbocycles. The number of ketones is 1. The molecule has 1 aliphatic heterocycles. The molecule has 13 nitrogen and oxygen atoms in total. The van der Waals surface area contributed by atoms with Crippen LogP contribution in [-0.4, -0.2) is 93.2 Å². The van der Waals surface area contributed by atoms with E-state index in [1.807, 2.05) is 0 Å². The van der Waals surface area contributed by atoms with Crippen LogP contribution in [0.1, 0.15) is 86.7 Å². The van der Waals surface area contributed by atoms with Crippen molar-refractivity contribution in [3.8, 4) is 0 Å². The number of carbonyl (C=O) groups is 5. The second kappa shape index (κ2) is 15.4. The van der Waals surface area contributed by atoms with Crippen molar-refractivity contribution in [2.75, 3.05) is 6.61 Å². The number of ether oxygens (including phenoxy) is 4. The number of esters is 3. The number of rotatable bonds is 9. The van der Waals surface area contributed by atoms with E-state index in [1.54, 1.807) is 113 Å². The molecule has 3 aromatic carbocycles. The molecule has 0 radical (unpaired) electrons. The largest absolute Gasteiger partial charge is 0.456 e. The van der Waals surface area contributed by atoms with Crippen LogP contribution in [0.4, 0.5) is 0 Å². The Morgan fingerprint density at radius 1 is 0.881 bits per heavy atom. The van der Waals surface area contributed by atoms with E-state index in [9.17, 15) is 34.5 Å². The molecule has 13 heteroatoms. The van der Waals surface area contributed by atoms with E-state index in [4.69, 9.17) is 18.9 Å². The highest BCUT2D eigenvalue weighted by Gasteiger charge is 2.77.